The van der Waals surface area contributed by atoms with E-state index in [0.717, 1.165) is 47.1 Å². The minimum absolute atomic E-state index is 0.0283. The van der Waals surface area contributed by atoms with Crippen molar-refractivity contribution in [2.75, 3.05) is 0 Å². The minimum Gasteiger partial charge on any atom is -0.201 e. The van der Waals surface area contributed by atoms with Gasteiger partial charge < -0.3 is 0 Å². The third-order valence-corrected chi connectivity index (χ3v) is 27.8. The van der Waals surface area contributed by atoms with Crippen LogP contribution in [0.1, 0.15) is 290 Å². The first-order valence-corrected chi connectivity index (χ1v) is 41.0. The van der Waals surface area contributed by atoms with E-state index >= 15 is 0 Å². The highest BCUT2D eigenvalue weighted by Crippen LogP contribution is 2.68. The summed E-state index contributed by atoms with van der Waals surface area (Å²) < 4.78 is 43.6. The van der Waals surface area contributed by atoms with Gasteiger partial charge in [-0.1, -0.05) is 192 Å². The monoisotopic (exact) mass is 1460 g/mol. The van der Waals surface area contributed by atoms with Crippen LogP contribution in [0.25, 0.3) is 56.3 Å². The van der Waals surface area contributed by atoms with Gasteiger partial charge in [0.2, 0.25) is 28.5 Å². The van der Waals surface area contributed by atoms with Crippen molar-refractivity contribution in [3.63, 3.8) is 0 Å². The Hall–Kier alpha value is -8.15. The van der Waals surface area contributed by atoms with Crippen LogP contribution in [0.4, 0.5) is 0 Å². The smallest absolute Gasteiger partial charge is 0.201 e. The Morgan fingerprint density at radius 2 is 0.706 bits per heavy atom. The number of benzene rings is 5. The first-order chi connectivity index (χ1) is 52.4. The number of aromatic nitrogens is 5. The minimum atomic E-state index is -2.09. The number of nitrogens with zero attached hydrogens (tertiary/aromatic N) is 5. The Labute approximate surface area is 665 Å². The van der Waals surface area contributed by atoms with Gasteiger partial charge in [0.1, 0.15) is 35.2 Å². The Kier molecular flexibility index (Phi) is 18.9. The van der Waals surface area contributed by atoms with E-state index in [1.807, 2.05) is 20.0 Å². The molecule has 5 aromatic heterocycles. The summed E-state index contributed by atoms with van der Waals surface area (Å²) in [6.07, 6.45) is 21.0. The quantitative estimate of drug-likeness (QED) is 0.153. The first kappa shape index (κ1) is 73.6. The third-order valence-electron chi connectivity index (χ3n) is 27.8. The van der Waals surface area contributed by atoms with Crippen LogP contribution >= 0.6 is 0 Å². The van der Waals surface area contributed by atoms with Gasteiger partial charge in [-0.25, -0.2) is 22.8 Å². The molecule has 0 spiro atoms. The van der Waals surface area contributed by atoms with Gasteiger partial charge in [0.05, 0.1) is 0 Å². The molecular weight excluding hydrogens is 1320 g/mol. The molecule has 570 valence electrons. The molecule has 2 fully saturated rings. The fraction of sp³-hybridized carbons (Fsp3) is 0.471. The van der Waals surface area contributed by atoms with E-state index in [2.05, 4.69) is 344 Å². The maximum Gasteiger partial charge on any atom is 0.216 e. The van der Waals surface area contributed by atoms with Gasteiger partial charge in [-0.2, -0.15) is 0 Å². The summed E-state index contributed by atoms with van der Waals surface area (Å²) in [6.45, 7) is 52.9. The summed E-state index contributed by atoms with van der Waals surface area (Å²) in [5, 5.41) is 0. The number of pyridine rings is 5. The molecule has 5 heteroatoms. The summed E-state index contributed by atoms with van der Waals surface area (Å²) in [6, 6.07) is 44.3. The predicted molar refractivity (Wildman–Crippen MR) is 457 cm³/mol. The average molecular weight is 1460 g/mol. The van der Waals surface area contributed by atoms with Crippen LogP contribution in [0.2, 0.25) is 0 Å². The van der Waals surface area contributed by atoms with Crippen molar-refractivity contribution in [1.82, 2.24) is 0 Å². The molecule has 17 rings (SSSR count). The molecule has 7 aliphatic rings. The Balaban J connectivity index is 0.000000124. The fourth-order valence-electron chi connectivity index (χ4n) is 22.8. The molecule has 5 aromatic carbocycles. The van der Waals surface area contributed by atoms with Crippen molar-refractivity contribution in [3.05, 3.63) is 264 Å². The number of fused-ring (bicyclic) bond motifs is 13. The number of hydrogen-bond donors (Lipinski definition) is 0. The van der Waals surface area contributed by atoms with Crippen molar-refractivity contribution in [2.45, 2.75) is 280 Å². The molecule has 0 N–H and O–H groups in total. The summed E-state index contributed by atoms with van der Waals surface area (Å²) in [7, 11) is 10.8. The topological polar surface area (TPSA) is 19.4 Å². The van der Waals surface area contributed by atoms with Crippen molar-refractivity contribution >= 4 is 0 Å². The lowest BCUT2D eigenvalue weighted by Crippen LogP contribution is -2.36. The summed E-state index contributed by atoms with van der Waals surface area (Å²) in [5.41, 5.74) is 41.5. The molecule has 0 saturated heterocycles. The van der Waals surface area contributed by atoms with Crippen LogP contribution in [0.3, 0.4) is 0 Å². The van der Waals surface area contributed by atoms with Gasteiger partial charge in [0.25, 0.3) is 0 Å². The molecule has 4 atom stereocenters. The highest BCUT2D eigenvalue weighted by molar-refractivity contribution is 5.73. The van der Waals surface area contributed by atoms with Gasteiger partial charge in [-0.3, -0.25) is 0 Å². The zero-order valence-corrected chi connectivity index (χ0v) is 72.5. The van der Waals surface area contributed by atoms with E-state index in [0.29, 0.717) is 5.56 Å². The fourth-order valence-corrected chi connectivity index (χ4v) is 22.8. The summed E-state index contributed by atoms with van der Waals surface area (Å²) in [4.78, 5) is 0. The zero-order chi connectivity index (χ0) is 82.7. The van der Waals surface area contributed by atoms with E-state index in [1.54, 1.807) is 23.3 Å². The molecule has 0 amide bonds. The normalized spacial score (nSPS) is 22.4. The predicted octanol–water partition coefficient (Wildman–Crippen LogP) is 23.4. The standard InChI is InChI=1S/C22H28N.3C21H28N.C19H22N/c1-14-7-8-16(15(2)11-14)20-12-17-18-9-10-22(5,21(18,3)4)19(17)13-23(20)6;1-14-8-9-16(15(2)10-14)19-11-17-18(12-22(19)7)21(5,6)13-20(17,3)4;2*1-14-8-9-16(15(2)12-14)19-18-17(10-11-22(19)7)20(3,4)13-21(18,5)6;1-12-4-7-16(13(2)10-12)19-18-15-6-5-14(11-15)17(18)8-9-20(19)3/h7-8,11-13,18H,9-10H2,1-6H3;3*8-12H,13H2,1-7H3;4,7-10,14-15H,5-6,11H2,1-3H3/q5*+1/i1D3,18D;;;;. The second kappa shape index (κ2) is 27.9. The molecule has 5 heterocycles. The highest BCUT2D eigenvalue weighted by Gasteiger charge is 2.61. The maximum atomic E-state index is 9.30. The number of hydrogen-bond acceptors (Lipinski definition) is 0. The van der Waals surface area contributed by atoms with Gasteiger partial charge >= 0.3 is 0 Å². The average Bonchev–Trinajstić information content (AvgIpc) is 1.50. The second-order valence-electron chi connectivity index (χ2n) is 39.7. The summed E-state index contributed by atoms with van der Waals surface area (Å²) in [5.74, 6) is 1.07. The van der Waals surface area contributed by atoms with Crippen molar-refractivity contribution in [2.24, 2.45) is 40.7 Å². The SMILES string of the molecule is Cc1ccc(-c2c3c(cc[n+]2C)C(C)(C)CC3(C)C)c(C)c1.Cc1ccc(-c2c3c(cc[n+]2C)C(C)(C)CC3(C)C)c(C)c1.Cc1ccc(-c2c3c(cc[n+]2C)C2CCC3C2)c(C)c1.Cc1ccc(-c2cc3c(c[n+]2C)C(C)(C)CC3(C)C)c(C)c1.[2H]C([2H])([2H])c1ccc(-c2cc3c(c[n+]2C)C2(C)CCC3([2H])C2(C)C)c(C)c1. The van der Waals surface area contributed by atoms with Gasteiger partial charge in [-0.05, 0) is 262 Å². The Morgan fingerprint density at radius 1 is 0.339 bits per heavy atom. The van der Waals surface area contributed by atoms with Crippen LogP contribution in [0.15, 0.2) is 152 Å². The second-order valence-corrected chi connectivity index (χ2v) is 39.7. The third kappa shape index (κ3) is 13.9. The van der Waals surface area contributed by atoms with Crippen LogP contribution in [-0.4, -0.2) is 0 Å². The van der Waals surface area contributed by atoms with E-state index in [1.165, 1.54) is 167 Å². The number of rotatable bonds is 5. The highest BCUT2D eigenvalue weighted by atomic mass is 15.0. The zero-order valence-electron chi connectivity index (χ0n) is 76.5. The van der Waals surface area contributed by atoms with Crippen molar-refractivity contribution in [3.8, 4) is 56.3 Å². The van der Waals surface area contributed by atoms with Crippen molar-refractivity contribution < 1.29 is 28.3 Å². The molecular formula is C104H134N5+5. The maximum absolute atomic E-state index is 9.30. The molecule has 4 bridgehead atoms. The Morgan fingerprint density at radius 3 is 1.17 bits per heavy atom. The summed E-state index contributed by atoms with van der Waals surface area (Å²) >= 11 is 0. The molecule has 0 radical (unpaired) electrons. The van der Waals surface area contributed by atoms with E-state index in [-0.39, 0.29) is 43.3 Å². The van der Waals surface area contributed by atoms with Crippen LogP contribution in [0, 0.1) is 74.6 Å². The van der Waals surface area contributed by atoms with Crippen molar-refractivity contribution in [1.29, 1.82) is 0 Å². The molecule has 4 unspecified atom stereocenters. The lowest BCUT2D eigenvalue weighted by molar-refractivity contribution is -0.661. The number of aryl methyl sites for hydroxylation is 15. The molecule has 7 aliphatic carbocycles. The van der Waals surface area contributed by atoms with Crippen LogP contribution in [-0.2, 0) is 73.1 Å². The molecule has 109 heavy (non-hydrogen) atoms. The van der Waals surface area contributed by atoms with E-state index < -0.39 is 12.7 Å². The van der Waals surface area contributed by atoms with Crippen LogP contribution in [0.5, 0.6) is 0 Å². The van der Waals surface area contributed by atoms with Gasteiger partial charge in [0.15, 0.2) is 31.0 Å². The lowest BCUT2D eigenvalue weighted by Gasteiger charge is -2.34. The van der Waals surface area contributed by atoms with E-state index in [4.69, 9.17) is 4.11 Å². The largest absolute Gasteiger partial charge is 0.216 e. The van der Waals surface area contributed by atoms with Gasteiger partial charge in [0, 0.05) is 96.9 Å². The molecule has 0 aliphatic heterocycles. The first-order valence-electron chi connectivity index (χ1n) is 43.0. The van der Waals surface area contributed by atoms with Crippen LogP contribution < -0.4 is 22.8 Å². The molecule has 5 nitrogen and oxygen atoms in total. The molecule has 10 aromatic rings. The van der Waals surface area contributed by atoms with E-state index in [9.17, 15) is 1.37 Å². The lowest BCUT2D eigenvalue weighted by atomic mass is 9.69. The Bertz CT molecular complexity index is 5340. The molecule has 2 saturated carbocycles. The van der Waals surface area contributed by atoms with Gasteiger partial charge in [-0.15, -0.1) is 0 Å².